The van der Waals surface area contributed by atoms with Gasteiger partial charge in [0.05, 0.1) is 0 Å². The third-order valence-corrected chi connectivity index (χ3v) is 3.40. The Morgan fingerprint density at radius 2 is 2.18 bits per heavy atom. The van der Waals surface area contributed by atoms with Gasteiger partial charge in [-0.05, 0) is 38.1 Å². The maximum Gasteiger partial charge on any atom is 0.292 e. The van der Waals surface area contributed by atoms with Crippen LogP contribution in [0.5, 0.6) is 0 Å². The lowest BCUT2D eigenvalue weighted by atomic mass is 9.82. The van der Waals surface area contributed by atoms with Gasteiger partial charge in [0.1, 0.15) is 0 Å². The molecule has 1 heterocycles. The first-order valence-electron chi connectivity index (χ1n) is 6.00. The molecule has 0 spiro atoms. The summed E-state index contributed by atoms with van der Waals surface area (Å²) in [6, 6.07) is 0. The molecule has 0 aromatic carbocycles. The topological polar surface area (TPSA) is 94.0 Å². The van der Waals surface area contributed by atoms with Gasteiger partial charge in [-0.1, -0.05) is 5.16 Å². The van der Waals surface area contributed by atoms with Crippen molar-refractivity contribution in [3.05, 3.63) is 11.7 Å². The smallest absolute Gasteiger partial charge is 0.292 e. The maximum absolute atomic E-state index is 11.3. The fourth-order valence-electron chi connectivity index (χ4n) is 2.25. The summed E-state index contributed by atoms with van der Waals surface area (Å²) in [5.41, 5.74) is 5.64. The van der Waals surface area contributed by atoms with Gasteiger partial charge in [-0.15, -0.1) is 0 Å². The van der Waals surface area contributed by atoms with Crippen LogP contribution in [0.25, 0.3) is 0 Å². The van der Waals surface area contributed by atoms with E-state index in [2.05, 4.69) is 15.5 Å². The molecule has 1 saturated carbocycles. The summed E-state index contributed by atoms with van der Waals surface area (Å²) in [5, 5.41) is 6.15. The van der Waals surface area contributed by atoms with E-state index in [1.54, 1.807) is 7.05 Å². The molecule has 1 aliphatic carbocycles. The zero-order valence-corrected chi connectivity index (χ0v) is 9.98. The molecule has 2 rings (SSSR count). The van der Waals surface area contributed by atoms with E-state index in [1.807, 2.05) is 0 Å². The molecule has 94 valence electrons. The van der Waals surface area contributed by atoms with Crippen molar-refractivity contribution in [1.82, 2.24) is 15.5 Å². The standard InChI is InChI=1S/C11H18N4O2/c1-13-10(16)9-14-11(17-15-9)8-4-2-7(6-12)3-5-8/h7-8H,2-6,12H2,1H3,(H,13,16). The van der Waals surface area contributed by atoms with E-state index in [1.165, 1.54) is 0 Å². The Morgan fingerprint density at radius 1 is 1.47 bits per heavy atom. The van der Waals surface area contributed by atoms with E-state index in [0.29, 0.717) is 11.8 Å². The van der Waals surface area contributed by atoms with Crippen LogP contribution in [0.2, 0.25) is 0 Å². The second-order valence-corrected chi connectivity index (χ2v) is 4.49. The number of carbonyl (C=O) groups excluding carboxylic acids is 1. The van der Waals surface area contributed by atoms with Crippen LogP contribution in [0.3, 0.4) is 0 Å². The first-order valence-corrected chi connectivity index (χ1v) is 6.00. The number of aromatic nitrogens is 2. The Balaban J connectivity index is 1.99. The maximum atomic E-state index is 11.3. The van der Waals surface area contributed by atoms with Gasteiger partial charge in [-0.3, -0.25) is 4.79 Å². The first-order chi connectivity index (χ1) is 8.24. The van der Waals surface area contributed by atoms with Crippen molar-refractivity contribution in [2.45, 2.75) is 31.6 Å². The second-order valence-electron chi connectivity index (χ2n) is 4.49. The Hall–Kier alpha value is -1.43. The minimum atomic E-state index is -0.310. The fourth-order valence-corrected chi connectivity index (χ4v) is 2.25. The van der Waals surface area contributed by atoms with Crippen LogP contribution in [-0.4, -0.2) is 29.6 Å². The van der Waals surface area contributed by atoms with Gasteiger partial charge in [0, 0.05) is 13.0 Å². The average molecular weight is 238 g/mol. The molecule has 1 fully saturated rings. The molecule has 0 unspecified atom stereocenters. The van der Waals surface area contributed by atoms with Crippen molar-refractivity contribution in [3.8, 4) is 0 Å². The second kappa shape index (κ2) is 5.27. The summed E-state index contributed by atoms with van der Waals surface area (Å²) in [6.45, 7) is 0.750. The lowest BCUT2D eigenvalue weighted by Crippen LogP contribution is -2.21. The predicted octanol–water partition coefficient (Wildman–Crippen LogP) is 0.662. The zero-order chi connectivity index (χ0) is 12.3. The van der Waals surface area contributed by atoms with Gasteiger partial charge in [0.15, 0.2) is 0 Å². The first kappa shape index (κ1) is 12.0. The van der Waals surface area contributed by atoms with Crippen molar-refractivity contribution in [3.63, 3.8) is 0 Å². The molecule has 17 heavy (non-hydrogen) atoms. The van der Waals surface area contributed by atoms with E-state index in [0.717, 1.165) is 32.2 Å². The molecule has 6 nitrogen and oxygen atoms in total. The summed E-state index contributed by atoms with van der Waals surface area (Å²) in [5.74, 6) is 1.29. The molecule has 0 bridgehead atoms. The van der Waals surface area contributed by atoms with E-state index in [-0.39, 0.29) is 17.6 Å². The lowest BCUT2D eigenvalue weighted by Gasteiger charge is -2.24. The van der Waals surface area contributed by atoms with E-state index >= 15 is 0 Å². The van der Waals surface area contributed by atoms with E-state index in [9.17, 15) is 4.79 Å². The number of amides is 1. The molecular weight excluding hydrogens is 220 g/mol. The van der Waals surface area contributed by atoms with Gasteiger partial charge >= 0.3 is 0 Å². The number of nitrogens with zero attached hydrogens (tertiary/aromatic N) is 2. The van der Waals surface area contributed by atoms with Gasteiger partial charge in [-0.2, -0.15) is 4.98 Å². The lowest BCUT2D eigenvalue weighted by molar-refractivity contribution is 0.0950. The molecule has 1 aromatic rings. The van der Waals surface area contributed by atoms with Crippen LogP contribution in [-0.2, 0) is 0 Å². The number of nitrogens with two attached hydrogens (primary N) is 1. The molecule has 1 amide bonds. The SMILES string of the molecule is CNC(=O)c1noc(C2CCC(CN)CC2)n1. The molecule has 3 N–H and O–H groups in total. The molecule has 0 atom stereocenters. The summed E-state index contributed by atoms with van der Waals surface area (Å²) < 4.78 is 5.14. The molecule has 0 aliphatic heterocycles. The molecule has 0 saturated heterocycles. The summed E-state index contributed by atoms with van der Waals surface area (Å²) in [6.07, 6.45) is 4.21. The highest BCUT2D eigenvalue weighted by Crippen LogP contribution is 2.34. The zero-order valence-electron chi connectivity index (χ0n) is 9.98. The van der Waals surface area contributed by atoms with Crippen molar-refractivity contribution in [2.24, 2.45) is 11.7 Å². The quantitative estimate of drug-likeness (QED) is 0.806. The largest absolute Gasteiger partial charge is 0.352 e. The highest BCUT2D eigenvalue weighted by Gasteiger charge is 2.26. The van der Waals surface area contributed by atoms with E-state index in [4.69, 9.17) is 10.3 Å². The van der Waals surface area contributed by atoms with Crippen LogP contribution in [0.15, 0.2) is 4.52 Å². The van der Waals surface area contributed by atoms with Crippen LogP contribution in [0, 0.1) is 5.92 Å². The van der Waals surface area contributed by atoms with Crippen molar-refractivity contribution >= 4 is 5.91 Å². The van der Waals surface area contributed by atoms with Crippen molar-refractivity contribution in [1.29, 1.82) is 0 Å². The van der Waals surface area contributed by atoms with Crippen LogP contribution >= 0.6 is 0 Å². The number of carbonyl (C=O) groups is 1. The van der Waals surface area contributed by atoms with Crippen LogP contribution in [0.1, 0.15) is 48.1 Å². The van der Waals surface area contributed by atoms with Gasteiger partial charge < -0.3 is 15.6 Å². The molecule has 1 aliphatic rings. The number of hydrogen-bond acceptors (Lipinski definition) is 5. The Bertz CT molecular complexity index is 383. The minimum absolute atomic E-state index is 0.114. The predicted molar refractivity (Wildman–Crippen MR) is 61.4 cm³/mol. The minimum Gasteiger partial charge on any atom is -0.352 e. The van der Waals surface area contributed by atoms with E-state index < -0.39 is 0 Å². The van der Waals surface area contributed by atoms with Gasteiger partial charge in [-0.25, -0.2) is 0 Å². The normalized spacial score (nSPS) is 24.6. The molecule has 0 radical (unpaired) electrons. The molecule has 1 aromatic heterocycles. The van der Waals surface area contributed by atoms with Crippen molar-refractivity contribution < 1.29 is 9.32 Å². The van der Waals surface area contributed by atoms with Gasteiger partial charge in [0.25, 0.3) is 11.7 Å². The molecule has 6 heteroatoms. The fraction of sp³-hybridized carbons (Fsp3) is 0.727. The highest BCUT2D eigenvalue weighted by molar-refractivity contribution is 5.89. The number of rotatable bonds is 3. The number of nitrogens with one attached hydrogen (secondary N) is 1. The third-order valence-electron chi connectivity index (χ3n) is 3.40. The van der Waals surface area contributed by atoms with Gasteiger partial charge in [0.2, 0.25) is 5.89 Å². The monoisotopic (exact) mass is 238 g/mol. The Kier molecular flexibility index (Phi) is 3.73. The van der Waals surface area contributed by atoms with Crippen molar-refractivity contribution in [2.75, 3.05) is 13.6 Å². The average Bonchev–Trinajstić information content (AvgIpc) is 2.87. The molecular formula is C11H18N4O2. The summed E-state index contributed by atoms with van der Waals surface area (Å²) in [7, 11) is 1.55. The Morgan fingerprint density at radius 3 is 2.76 bits per heavy atom. The number of hydrogen-bond donors (Lipinski definition) is 2. The summed E-state index contributed by atoms with van der Waals surface area (Å²) in [4.78, 5) is 15.4. The third kappa shape index (κ3) is 2.63. The highest BCUT2D eigenvalue weighted by atomic mass is 16.5. The van der Waals surface area contributed by atoms with Crippen LogP contribution < -0.4 is 11.1 Å². The Labute approximate surface area is 99.9 Å². The van der Waals surface area contributed by atoms with Crippen LogP contribution in [0.4, 0.5) is 0 Å². The summed E-state index contributed by atoms with van der Waals surface area (Å²) >= 11 is 0.